The number of anilines is 3. The molecule has 0 aliphatic rings. The Kier molecular flexibility index (Phi) is 4.39. The van der Waals surface area contributed by atoms with Crippen LogP contribution < -0.4 is 15.8 Å². The highest BCUT2D eigenvalue weighted by molar-refractivity contribution is 6.31. The average molecular weight is 295 g/mol. The summed E-state index contributed by atoms with van der Waals surface area (Å²) < 4.78 is 7.19. The molecule has 0 aliphatic heterocycles. The molecular weight excluding hydrogens is 276 g/mol. The molecule has 1 heterocycles. The highest BCUT2D eigenvalue weighted by Crippen LogP contribution is 2.33. The van der Waals surface area contributed by atoms with Gasteiger partial charge in [0, 0.05) is 11.6 Å². The summed E-state index contributed by atoms with van der Waals surface area (Å²) in [6, 6.07) is 5.40. The zero-order chi connectivity index (χ0) is 14.7. The summed E-state index contributed by atoms with van der Waals surface area (Å²) in [4.78, 5) is 0. The molecule has 0 saturated carbocycles. The molecule has 0 amide bonds. The molecule has 20 heavy (non-hydrogen) atoms. The molecule has 0 saturated heterocycles. The van der Waals surface area contributed by atoms with Crippen molar-refractivity contribution in [2.45, 2.75) is 26.8 Å². The Morgan fingerprint density at radius 1 is 1.45 bits per heavy atom. The Balaban J connectivity index is 2.41. The molecule has 6 heteroatoms. The van der Waals surface area contributed by atoms with Crippen molar-refractivity contribution in [3.8, 4) is 5.75 Å². The van der Waals surface area contributed by atoms with Crippen molar-refractivity contribution in [3.05, 3.63) is 28.9 Å². The Morgan fingerprint density at radius 3 is 2.85 bits per heavy atom. The van der Waals surface area contributed by atoms with Gasteiger partial charge in [-0.05, 0) is 31.5 Å². The van der Waals surface area contributed by atoms with Crippen LogP contribution in [0.2, 0.25) is 5.02 Å². The third kappa shape index (κ3) is 2.82. The van der Waals surface area contributed by atoms with Gasteiger partial charge in [-0.15, -0.1) is 0 Å². The third-order valence-electron chi connectivity index (χ3n) is 3.02. The van der Waals surface area contributed by atoms with Crippen molar-refractivity contribution in [2.75, 3.05) is 18.2 Å². The molecule has 108 valence electrons. The van der Waals surface area contributed by atoms with Crippen molar-refractivity contribution < 1.29 is 4.74 Å². The zero-order valence-corrected chi connectivity index (χ0v) is 12.7. The summed E-state index contributed by atoms with van der Waals surface area (Å²) in [5, 5.41) is 8.33. The topological polar surface area (TPSA) is 65.1 Å². The van der Waals surface area contributed by atoms with E-state index >= 15 is 0 Å². The number of aryl methyl sites for hydroxylation is 2. The minimum atomic E-state index is 0.630. The number of nitrogen functional groups attached to an aromatic ring is 1. The van der Waals surface area contributed by atoms with Crippen LogP contribution in [0.15, 0.2) is 18.2 Å². The van der Waals surface area contributed by atoms with E-state index in [2.05, 4.69) is 17.3 Å². The van der Waals surface area contributed by atoms with Gasteiger partial charge in [0.05, 0.1) is 24.2 Å². The number of halogens is 1. The number of ether oxygens (including phenoxy) is 1. The van der Waals surface area contributed by atoms with Crippen molar-refractivity contribution in [2.24, 2.45) is 0 Å². The molecule has 1 aromatic carbocycles. The van der Waals surface area contributed by atoms with Crippen molar-refractivity contribution >= 4 is 28.8 Å². The van der Waals surface area contributed by atoms with Crippen LogP contribution >= 0.6 is 11.6 Å². The van der Waals surface area contributed by atoms with E-state index in [0.29, 0.717) is 16.5 Å². The summed E-state index contributed by atoms with van der Waals surface area (Å²) in [5.41, 5.74) is 8.31. The van der Waals surface area contributed by atoms with Crippen molar-refractivity contribution in [1.82, 2.24) is 9.78 Å². The molecule has 5 nitrogen and oxygen atoms in total. The van der Waals surface area contributed by atoms with E-state index in [1.165, 1.54) is 0 Å². The highest BCUT2D eigenvalue weighted by Gasteiger charge is 2.14. The van der Waals surface area contributed by atoms with Gasteiger partial charge < -0.3 is 15.8 Å². The summed E-state index contributed by atoms with van der Waals surface area (Å²) in [6.07, 6.45) is 0.974. The first kappa shape index (κ1) is 14.5. The lowest BCUT2D eigenvalue weighted by molar-refractivity contribution is 0.416. The minimum Gasteiger partial charge on any atom is -0.495 e. The number of hydrogen-bond acceptors (Lipinski definition) is 4. The molecule has 2 aromatic rings. The third-order valence-corrected chi connectivity index (χ3v) is 3.26. The van der Waals surface area contributed by atoms with Crippen LogP contribution in [0.25, 0.3) is 0 Å². The van der Waals surface area contributed by atoms with Gasteiger partial charge in [0.25, 0.3) is 0 Å². The fraction of sp³-hybridized carbons (Fsp3) is 0.357. The van der Waals surface area contributed by atoms with E-state index in [1.54, 1.807) is 19.2 Å². The number of methoxy groups -OCH3 is 1. The number of benzene rings is 1. The Hall–Kier alpha value is -1.88. The SMILES string of the molecule is CCCn1nc(C)c(N)c1Nc1cc(Cl)ccc1OC. The second-order valence-corrected chi connectivity index (χ2v) is 4.98. The molecule has 0 spiro atoms. The maximum atomic E-state index is 6.09. The fourth-order valence-electron chi connectivity index (χ4n) is 2.01. The van der Waals surface area contributed by atoms with Gasteiger partial charge in [-0.2, -0.15) is 5.10 Å². The Labute approximate surface area is 123 Å². The van der Waals surface area contributed by atoms with E-state index < -0.39 is 0 Å². The number of nitrogens with zero attached hydrogens (tertiary/aromatic N) is 2. The molecule has 1 aromatic heterocycles. The normalized spacial score (nSPS) is 10.6. The molecule has 0 aliphatic carbocycles. The Bertz CT molecular complexity index is 609. The number of nitrogens with two attached hydrogens (primary N) is 1. The minimum absolute atomic E-state index is 0.630. The largest absolute Gasteiger partial charge is 0.495 e. The maximum absolute atomic E-state index is 6.09. The Morgan fingerprint density at radius 2 is 2.20 bits per heavy atom. The van der Waals surface area contributed by atoms with Crippen LogP contribution in [0.3, 0.4) is 0 Å². The molecule has 0 atom stereocenters. The number of rotatable bonds is 5. The highest BCUT2D eigenvalue weighted by atomic mass is 35.5. The first-order chi connectivity index (χ1) is 9.56. The molecule has 0 unspecified atom stereocenters. The van der Waals surface area contributed by atoms with Crippen LogP contribution in [0.4, 0.5) is 17.2 Å². The predicted octanol–water partition coefficient (Wildman–Crippen LogP) is 3.59. The first-order valence-corrected chi connectivity index (χ1v) is 6.88. The summed E-state index contributed by atoms with van der Waals surface area (Å²) in [5.74, 6) is 1.47. The van der Waals surface area contributed by atoms with E-state index in [1.807, 2.05) is 17.7 Å². The maximum Gasteiger partial charge on any atom is 0.152 e. The van der Waals surface area contributed by atoms with E-state index in [9.17, 15) is 0 Å². The molecule has 2 rings (SSSR count). The van der Waals surface area contributed by atoms with E-state index in [-0.39, 0.29) is 0 Å². The van der Waals surface area contributed by atoms with Crippen molar-refractivity contribution in [1.29, 1.82) is 0 Å². The van der Waals surface area contributed by atoms with Gasteiger partial charge in [-0.3, -0.25) is 0 Å². The molecule has 0 bridgehead atoms. The monoisotopic (exact) mass is 294 g/mol. The van der Waals surface area contributed by atoms with Crippen LogP contribution in [0.1, 0.15) is 19.0 Å². The molecular formula is C14H19ClN4O. The van der Waals surface area contributed by atoms with E-state index in [0.717, 1.165) is 30.2 Å². The predicted molar refractivity (Wildman–Crippen MR) is 83.0 cm³/mol. The lowest BCUT2D eigenvalue weighted by atomic mass is 10.3. The summed E-state index contributed by atoms with van der Waals surface area (Å²) in [6.45, 7) is 4.78. The van der Waals surface area contributed by atoms with Gasteiger partial charge in [-0.1, -0.05) is 18.5 Å². The fourth-order valence-corrected chi connectivity index (χ4v) is 2.18. The van der Waals surface area contributed by atoms with Gasteiger partial charge in [0.2, 0.25) is 0 Å². The molecule has 0 radical (unpaired) electrons. The average Bonchev–Trinajstić information content (AvgIpc) is 2.67. The molecule has 3 N–H and O–H groups in total. The van der Waals surface area contributed by atoms with Crippen LogP contribution in [0, 0.1) is 6.92 Å². The van der Waals surface area contributed by atoms with Gasteiger partial charge >= 0.3 is 0 Å². The smallest absolute Gasteiger partial charge is 0.152 e. The molecule has 0 fully saturated rings. The van der Waals surface area contributed by atoms with Gasteiger partial charge in [0.1, 0.15) is 5.75 Å². The second kappa shape index (κ2) is 6.05. The summed E-state index contributed by atoms with van der Waals surface area (Å²) >= 11 is 6.04. The zero-order valence-electron chi connectivity index (χ0n) is 11.9. The first-order valence-electron chi connectivity index (χ1n) is 6.50. The lowest BCUT2D eigenvalue weighted by Gasteiger charge is -2.13. The quantitative estimate of drug-likeness (QED) is 0.884. The second-order valence-electron chi connectivity index (χ2n) is 4.54. The number of hydrogen-bond donors (Lipinski definition) is 2. The number of nitrogens with one attached hydrogen (secondary N) is 1. The van der Waals surface area contributed by atoms with Gasteiger partial charge in [-0.25, -0.2) is 4.68 Å². The summed E-state index contributed by atoms with van der Waals surface area (Å²) in [7, 11) is 1.62. The number of aromatic nitrogens is 2. The van der Waals surface area contributed by atoms with E-state index in [4.69, 9.17) is 22.1 Å². The van der Waals surface area contributed by atoms with Crippen LogP contribution in [-0.4, -0.2) is 16.9 Å². The van der Waals surface area contributed by atoms with Gasteiger partial charge in [0.15, 0.2) is 5.82 Å². The van der Waals surface area contributed by atoms with Crippen LogP contribution in [0.5, 0.6) is 5.75 Å². The lowest BCUT2D eigenvalue weighted by Crippen LogP contribution is -2.06. The van der Waals surface area contributed by atoms with Crippen molar-refractivity contribution in [3.63, 3.8) is 0 Å². The van der Waals surface area contributed by atoms with Crippen LogP contribution in [-0.2, 0) is 6.54 Å². The standard InChI is InChI=1S/C14H19ClN4O/c1-4-7-19-14(13(16)9(2)18-19)17-11-8-10(15)5-6-12(11)20-3/h5-6,8,17H,4,7,16H2,1-3H3.